The predicted molar refractivity (Wildman–Crippen MR) is 66.2 cm³/mol. The van der Waals surface area contributed by atoms with Crippen LogP contribution < -0.4 is 10.6 Å². The van der Waals surface area contributed by atoms with Gasteiger partial charge in [-0.05, 0) is 23.8 Å². The van der Waals surface area contributed by atoms with E-state index in [-0.39, 0.29) is 24.1 Å². The highest BCUT2D eigenvalue weighted by Crippen LogP contribution is 2.23. The second-order valence-corrected chi connectivity index (χ2v) is 4.60. The third-order valence-electron chi connectivity index (χ3n) is 2.63. The number of anilines is 1. The first-order valence-electron chi connectivity index (χ1n) is 5.41. The monoisotopic (exact) mass is 255 g/mol. The van der Waals surface area contributed by atoms with Crippen LogP contribution in [0.3, 0.4) is 0 Å². The normalized spacial score (nSPS) is 11.1. The Kier molecular flexibility index (Phi) is 3.89. The first-order valence-corrected chi connectivity index (χ1v) is 5.41. The van der Waals surface area contributed by atoms with Crippen LogP contribution >= 0.6 is 0 Å². The van der Waals surface area contributed by atoms with Gasteiger partial charge >= 0.3 is 5.82 Å². The highest BCUT2D eigenvalue weighted by Gasteiger charge is 2.28. The summed E-state index contributed by atoms with van der Waals surface area (Å²) in [5, 5.41) is 16.2. The number of hydrogen-bond donors (Lipinski definition) is 2. The van der Waals surface area contributed by atoms with E-state index in [9.17, 15) is 14.9 Å². The maximum absolute atomic E-state index is 11.6. The summed E-state index contributed by atoms with van der Waals surface area (Å²) in [6, 6.07) is 0. The van der Waals surface area contributed by atoms with Gasteiger partial charge in [0, 0.05) is 20.6 Å². The molecule has 0 unspecified atom stereocenters. The Morgan fingerprint density at radius 1 is 1.61 bits per heavy atom. The molecule has 0 radical (unpaired) electrons. The molecule has 0 bridgehead atoms. The third-order valence-corrected chi connectivity index (χ3v) is 2.63. The van der Waals surface area contributed by atoms with Crippen molar-refractivity contribution in [3.63, 3.8) is 0 Å². The molecule has 0 aliphatic rings. The number of nitrogens with one attached hydrogen (secondary N) is 2. The molecule has 0 saturated heterocycles. The summed E-state index contributed by atoms with van der Waals surface area (Å²) in [7, 11) is 3.20. The SMILES string of the molecule is CNC(=O)C(C)(C)CNc1c([N+](=O)[O-])ncn1C. The van der Waals surface area contributed by atoms with Crippen molar-refractivity contribution >= 4 is 17.5 Å². The number of aromatic nitrogens is 2. The van der Waals surface area contributed by atoms with Gasteiger partial charge in [0.15, 0.2) is 0 Å². The summed E-state index contributed by atoms with van der Waals surface area (Å²) in [5.74, 6) is -0.0954. The molecule has 0 fully saturated rings. The standard InChI is InChI=1S/C10H17N5O3/c1-10(2,9(16)11-3)5-12-7-8(15(17)18)13-6-14(7)4/h6,12H,5H2,1-4H3,(H,11,16). The van der Waals surface area contributed by atoms with Crippen molar-refractivity contribution in [2.24, 2.45) is 12.5 Å². The van der Waals surface area contributed by atoms with Crippen molar-refractivity contribution in [3.8, 4) is 0 Å². The van der Waals surface area contributed by atoms with Crippen LogP contribution in [-0.4, -0.2) is 34.0 Å². The fraction of sp³-hybridized carbons (Fsp3) is 0.600. The smallest absolute Gasteiger partial charge is 0.363 e. The average Bonchev–Trinajstić information content (AvgIpc) is 2.67. The summed E-state index contributed by atoms with van der Waals surface area (Å²) in [6.07, 6.45) is 1.35. The number of carbonyl (C=O) groups is 1. The Balaban J connectivity index is 2.84. The molecular formula is C10H17N5O3. The molecule has 0 aliphatic heterocycles. The molecule has 0 aliphatic carbocycles. The molecule has 8 nitrogen and oxygen atoms in total. The largest absolute Gasteiger partial charge is 0.406 e. The van der Waals surface area contributed by atoms with E-state index < -0.39 is 10.3 Å². The zero-order valence-electron chi connectivity index (χ0n) is 10.9. The molecule has 8 heteroatoms. The number of nitrogens with zero attached hydrogens (tertiary/aromatic N) is 3. The van der Waals surface area contributed by atoms with Gasteiger partial charge in [0.2, 0.25) is 18.1 Å². The molecular weight excluding hydrogens is 238 g/mol. The van der Waals surface area contributed by atoms with Gasteiger partial charge < -0.3 is 20.7 Å². The van der Waals surface area contributed by atoms with E-state index in [0.717, 1.165) is 0 Å². The van der Waals surface area contributed by atoms with Crippen molar-refractivity contribution < 1.29 is 9.72 Å². The highest BCUT2D eigenvalue weighted by molar-refractivity contribution is 5.82. The van der Waals surface area contributed by atoms with Crippen LogP contribution in [0.4, 0.5) is 11.6 Å². The summed E-state index contributed by atoms with van der Waals surface area (Å²) in [5.41, 5.74) is -0.674. The first-order chi connectivity index (χ1) is 8.29. The zero-order chi connectivity index (χ0) is 13.9. The summed E-state index contributed by atoms with van der Waals surface area (Å²) in [4.78, 5) is 25.5. The zero-order valence-corrected chi connectivity index (χ0v) is 10.9. The van der Waals surface area contributed by atoms with Crippen LogP contribution in [0.1, 0.15) is 13.8 Å². The minimum Gasteiger partial charge on any atom is -0.363 e. The number of rotatable bonds is 5. The van der Waals surface area contributed by atoms with Gasteiger partial charge in [-0.1, -0.05) is 0 Å². The minimum absolute atomic E-state index is 0.139. The van der Waals surface area contributed by atoms with Gasteiger partial charge in [-0.2, -0.15) is 0 Å². The maximum atomic E-state index is 11.6. The van der Waals surface area contributed by atoms with Crippen LogP contribution in [0.15, 0.2) is 6.33 Å². The van der Waals surface area contributed by atoms with E-state index in [4.69, 9.17) is 0 Å². The molecule has 0 aromatic carbocycles. The van der Waals surface area contributed by atoms with Crippen molar-refractivity contribution in [2.75, 3.05) is 18.9 Å². The van der Waals surface area contributed by atoms with Crippen LogP contribution in [0.5, 0.6) is 0 Å². The van der Waals surface area contributed by atoms with E-state index in [2.05, 4.69) is 15.6 Å². The van der Waals surface area contributed by atoms with Crippen LogP contribution in [0, 0.1) is 15.5 Å². The van der Waals surface area contributed by atoms with Crippen molar-refractivity contribution in [3.05, 3.63) is 16.4 Å². The molecule has 18 heavy (non-hydrogen) atoms. The average molecular weight is 255 g/mol. The van der Waals surface area contributed by atoms with Gasteiger partial charge in [-0.3, -0.25) is 9.36 Å². The summed E-state index contributed by atoms with van der Waals surface area (Å²) in [6.45, 7) is 3.77. The van der Waals surface area contributed by atoms with Gasteiger partial charge in [-0.15, -0.1) is 0 Å². The van der Waals surface area contributed by atoms with E-state index in [1.165, 1.54) is 10.9 Å². The van der Waals surface area contributed by atoms with Crippen LogP contribution in [-0.2, 0) is 11.8 Å². The highest BCUT2D eigenvalue weighted by atomic mass is 16.6. The lowest BCUT2D eigenvalue weighted by atomic mass is 9.92. The molecule has 0 atom stereocenters. The van der Waals surface area contributed by atoms with Crippen LogP contribution in [0.25, 0.3) is 0 Å². The molecule has 0 saturated carbocycles. The second-order valence-electron chi connectivity index (χ2n) is 4.60. The van der Waals surface area contributed by atoms with Crippen molar-refractivity contribution in [2.45, 2.75) is 13.8 Å². The molecule has 2 N–H and O–H groups in total. The lowest BCUT2D eigenvalue weighted by molar-refractivity contribution is -0.388. The van der Waals surface area contributed by atoms with Crippen LogP contribution in [0.2, 0.25) is 0 Å². The molecule has 0 spiro atoms. The molecule has 1 rings (SSSR count). The molecule has 1 heterocycles. The Hall–Kier alpha value is -2.12. The predicted octanol–water partition coefficient (Wildman–Crippen LogP) is 0.512. The van der Waals surface area contributed by atoms with Gasteiger partial charge in [0.1, 0.15) is 0 Å². The number of hydrogen-bond acceptors (Lipinski definition) is 5. The fourth-order valence-electron chi connectivity index (χ4n) is 1.48. The summed E-state index contributed by atoms with van der Waals surface area (Å²) < 4.78 is 1.51. The Labute approximate surface area is 105 Å². The number of carbonyl (C=O) groups excluding carboxylic acids is 1. The second kappa shape index (κ2) is 5.03. The van der Waals surface area contributed by atoms with Crippen molar-refractivity contribution in [1.82, 2.24) is 14.9 Å². The summed E-state index contributed by atoms with van der Waals surface area (Å²) >= 11 is 0. The van der Waals surface area contributed by atoms with E-state index in [1.807, 2.05) is 0 Å². The Morgan fingerprint density at radius 2 is 2.22 bits per heavy atom. The first kappa shape index (κ1) is 13.9. The minimum atomic E-state index is -0.674. The van der Waals surface area contributed by atoms with Gasteiger partial charge in [0.25, 0.3) is 0 Å². The lowest BCUT2D eigenvalue weighted by Crippen LogP contribution is -2.39. The molecule has 100 valence electrons. The van der Waals surface area contributed by atoms with Gasteiger partial charge in [-0.25, -0.2) is 0 Å². The number of amides is 1. The quantitative estimate of drug-likeness (QED) is 0.589. The van der Waals surface area contributed by atoms with Crippen molar-refractivity contribution in [1.29, 1.82) is 0 Å². The Morgan fingerprint density at radius 3 is 2.72 bits per heavy atom. The molecule has 1 aromatic heterocycles. The Bertz CT molecular complexity index is 466. The topological polar surface area (TPSA) is 102 Å². The molecule has 1 amide bonds. The number of imidazole rings is 1. The molecule has 1 aromatic rings. The van der Waals surface area contributed by atoms with E-state index in [0.29, 0.717) is 0 Å². The van der Waals surface area contributed by atoms with E-state index >= 15 is 0 Å². The van der Waals surface area contributed by atoms with E-state index in [1.54, 1.807) is 27.9 Å². The number of aryl methyl sites for hydroxylation is 1. The van der Waals surface area contributed by atoms with Gasteiger partial charge in [0.05, 0.1) is 5.41 Å². The maximum Gasteiger partial charge on any atom is 0.406 e. The third kappa shape index (κ3) is 2.76. The number of nitro groups is 1. The lowest BCUT2D eigenvalue weighted by Gasteiger charge is -2.23. The fourth-order valence-corrected chi connectivity index (χ4v) is 1.48.